The third-order valence-corrected chi connectivity index (χ3v) is 3.76. The summed E-state index contributed by atoms with van der Waals surface area (Å²) in [7, 11) is -3.43. The summed E-state index contributed by atoms with van der Waals surface area (Å²) >= 11 is 0. The second-order valence-corrected chi connectivity index (χ2v) is 5.79. The Morgan fingerprint density at radius 2 is 1.79 bits per heavy atom. The fourth-order valence-corrected chi connectivity index (χ4v) is 2.87. The van der Waals surface area contributed by atoms with Gasteiger partial charge in [-0.2, -0.15) is 0 Å². The maximum Gasteiger partial charge on any atom is 0.236 e. The van der Waals surface area contributed by atoms with Crippen molar-refractivity contribution in [2.75, 3.05) is 4.72 Å². The van der Waals surface area contributed by atoms with Crippen molar-refractivity contribution in [1.82, 2.24) is 0 Å². The number of hydrogen-bond donors (Lipinski definition) is 1. The lowest BCUT2D eigenvalue weighted by atomic mass is 10.2. The van der Waals surface area contributed by atoms with Crippen LogP contribution in [0.1, 0.15) is 11.1 Å². The number of anilines is 1. The molecule has 0 unspecified atom stereocenters. The molecule has 0 radical (unpaired) electrons. The molecule has 0 fully saturated rings. The molecule has 96 valence electrons. The van der Waals surface area contributed by atoms with E-state index in [2.05, 4.69) is 10.6 Å². The standard InChI is InChI=1S/C15H13NO2S/c1-2-13-9-6-10-15(11-13)16-19(17,18)12-14-7-4-3-5-8-14/h1,3-11,16H,12H2. The van der Waals surface area contributed by atoms with E-state index in [0.717, 1.165) is 5.56 Å². The molecule has 0 aliphatic heterocycles. The average molecular weight is 271 g/mol. The van der Waals surface area contributed by atoms with Crippen LogP contribution in [0.5, 0.6) is 0 Å². The van der Waals surface area contributed by atoms with E-state index >= 15 is 0 Å². The number of benzene rings is 2. The number of nitrogens with one attached hydrogen (secondary N) is 1. The molecule has 1 N–H and O–H groups in total. The molecule has 19 heavy (non-hydrogen) atoms. The summed E-state index contributed by atoms with van der Waals surface area (Å²) in [6, 6.07) is 15.8. The molecule has 0 saturated heterocycles. The number of terminal acetylenes is 1. The first-order chi connectivity index (χ1) is 9.09. The summed E-state index contributed by atoms with van der Waals surface area (Å²) in [5, 5.41) is 0. The summed E-state index contributed by atoms with van der Waals surface area (Å²) in [6.07, 6.45) is 5.28. The Bertz CT molecular complexity index is 700. The molecule has 0 amide bonds. The molecular weight excluding hydrogens is 258 g/mol. The molecule has 2 aromatic carbocycles. The van der Waals surface area contributed by atoms with Crippen molar-refractivity contribution < 1.29 is 8.42 Å². The number of sulfonamides is 1. The summed E-state index contributed by atoms with van der Waals surface area (Å²) < 4.78 is 26.5. The lowest BCUT2D eigenvalue weighted by Crippen LogP contribution is -2.15. The smallest absolute Gasteiger partial charge is 0.236 e. The van der Waals surface area contributed by atoms with Gasteiger partial charge in [-0.15, -0.1) is 6.42 Å². The molecule has 0 heterocycles. The molecule has 0 atom stereocenters. The first kappa shape index (κ1) is 13.2. The molecule has 2 aromatic rings. The van der Waals surface area contributed by atoms with Gasteiger partial charge >= 0.3 is 0 Å². The molecule has 0 aromatic heterocycles. The van der Waals surface area contributed by atoms with E-state index in [0.29, 0.717) is 11.3 Å². The largest absolute Gasteiger partial charge is 0.283 e. The SMILES string of the molecule is C#Cc1cccc(NS(=O)(=O)Cc2ccccc2)c1. The van der Waals surface area contributed by atoms with Gasteiger partial charge in [0.15, 0.2) is 0 Å². The average Bonchev–Trinajstić information content (AvgIpc) is 2.39. The molecule has 2 rings (SSSR count). The van der Waals surface area contributed by atoms with E-state index in [9.17, 15) is 8.42 Å². The van der Waals surface area contributed by atoms with Crippen LogP contribution in [0.4, 0.5) is 5.69 Å². The van der Waals surface area contributed by atoms with Crippen LogP contribution in [-0.4, -0.2) is 8.42 Å². The van der Waals surface area contributed by atoms with Crippen LogP contribution < -0.4 is 4.72 Å². The first-order valence-corrected chi connectivity index (χ1v) is 7.35. The van der Waals surface area contributed by atoms with Crippen LogP contribution in [0, 0.1) is 12.3 Å². The Morgan fingerprint density at radius 1 is 1.05 bits per heavy atom. The van der Waals surface area contributed by atoms with E-state index < -0.39 is 10.0 Å². The zero-order valence-electron chi connectivity index (χ0n) is 10.2. The number of hydrogen-bond acceptors (Lipinski definition) is 2. The van der Waals surface area contributed by atoms with Gasteiger partial charge in [-0.1, -0.05) is 42.3 Å². The quantitative estimate of drug-likeness (QED) is 0.869. The normalized spacial score (nSPS) is 10.7. The van der Waals surface area contributed by atoms with Gasteiger partial charge in [0.2, 0.25) is 10.0 Å². The Kier molecular flexibility index (Phi) is 3.88. The molecular formula is C15H13NO2S. The highest BCUT2D eigenvalue weighted by molar-refractivity contribution is 7.91. The fourth-order valence-electron chi connectivity index (χ4n) is 1.68. The van der Waals surface area contributed by atoms with Gasteiger partial charge in [-0.05, 0) is 23.8 Å². The minimum Gasteiger partial charge on any atom is -0.283 e. The van der Waals surface area contributed by atoms with Crippen molar-refractivity contribution in [3.63, 3.8) is 0 Å². The molecule has 0 bridgehead atoms. The van der Waals surface area contributed by atoms with Crippen molar-refractivity contribution in [1.29, 1.82) is 0 Å². The van der Waals surface area contributed by atoms with Gasteiger partial charge in [-0.25, -0.2) is 8.42 Å². The second-order valence-electron chi connectivity index (χ2n) is 4.07. The zero-order valence-corrected chi connectivity index (χ0v) is 11.0. The maximum absolute atomic E-state index is 12.0. The Hall–Kier alpha value is -2.25. The van der Waals surface area contributed by atoms with Gasteiger partial charge in [0.1, 0.15) is 0 Å². The highest BCUT2D eigenvalue weighted by atomic mass is 32.2. The van der Waals surface area contributed by atoms with Gasteiger partial charge in [0.05, 0.1) is 5.75 Å². The minimum absolute atomic E-state index is 0.0614. The van der Waals surface area contributed by atoms with Crippen molar-refractivity contribution in [3.8, 4) is 12.3 Å². The molecule has 3 nitrogen and oxygen atoms in total. The monoisotopic (exact) mass is 271 g/mol. The van der Waals surface area contributed by atoms with E-state index in [-0.39, 0.29) is 5.75 Å². The minimum atomic E-state index is -3.43. The highest BCUT2D eigenvalue weighted by Crippen LogP contribution is 2.14. The summed E-state index contributed by atoms with van der Waals surface area (Å²) in [5.41, 5.74) is 1.86. The van der Waals surface area contributed by atoms with E-state index in [4.69, 9.17) is 6.42 Å². The second kappa shape index (κ2) is 5.59. The zero-order chi connectivity index (χ0) is 13.7. The van der Waals surface area contributed by atoms with Crippen LogP contribution in [0.3, 0.4) is 0 Å². The molecule has 0 aliphatic rings. The third kappa shape index (κ3) is 3.87. The number of rotatable bonds is 4. The maximum atomic E-state index is 12.0. The summed E-state index contributed by atoms with van der Waals surface area (Å²) in [6.45, 7) is 0. The van der Waals surface area contributed by atoms with Crippen LogP contribution in [-0.2, 0) is 15.8 Å². The van der Waals surface area contributed by atoms with Gasteiger partial charge in [0.25, 0.3) is 0 Å². The molecule has 4 heteroatoms. The highest BCUT2D eigenvalue weighted by Gasteiger charge is 2.11. The summed E-state index contributed by atoms with van der Waals surface area (Å²) in [5.74, 6) is 2.41. The Balaban J connectivity index is 2.15. The van der Waals surface area contributed by atoms with Crippen molar-refractivity contribution in [2.45, 2.75) is 5.75 Å². The van der Waals surface area contributed by atoms with E-state index in [1.165, 1.54) is 0 Å². The van der Waals surface area contributed by atoms with Crippen LogP contribution >= 0.6 is 0 Å². The van der Waals surface area contributed by atoms with Crippen LogP contribution in [0.25, 0.3) is 0 Å². The van der Waals surface area contributed by atoms with Crippen molar-refractivity contribution >= 4 is 15.7 Å². The predicted octanol–water partition coefficient (Wildman–Crippen LogP) is 2.61. The fraction of sp³-hybridized carbons (Fsp3) is 0.0667. The Morgan fingerprint density at radius 3 is 2.47 bits per heavy atom. The van der Waals surface area contributed by atoms with Gasteiger partial charge < -0.3 is 0 Å². The summed E-state index contributed by atoms with van der Waals surface area (Å²) in [4.78, 5) is 0. The lowest BCUT2D eigenvalue weighted by Gasteiger charge is -2.08. The van der Waals surface area contributed by atoms with E-state index in [1.807, 2.05) is 18.2 Å². The van der Waals surface area contributed by atoms with Crippen LogP contribution in [0.15, 0.2) is 54.6 Å². The molecule has 0 spiro atoms. The van der Waals surface area contributed by atoms with Crippen LogP contribution in [0.2, 0.25) is 0 Å². The van der Waals surface area contributed by atoms with Crippen molar-refractivity contribution in [2.24, 2.45) is 0 Å². The van der Waals surface area contributed by atoms with Gasteiger partial charge in [0, 0.05) is 11.3 Å². The van der Waals surface area contributed by atoms with E-state index in [1.54, 1.807) is 36.4 Å². The lowest BCUT2D eigenvalue weighted by molar-refractivity contribution is 0.600. The third-order valence-electron chi connectivity index (χ3n) is 2.50. The van der Waals surface area contributed by atoms with Crippen molar-refractivity contribution in [3.05, 3.63) is 65.7 Å². The first-order valence-electron chi connectivity index (χ1n) is 5.70. The molecule has 0 aliphatic carbocycles. The topological polar surface area (TPSA) is 46.2 Å². The molecule has 0 saturated carbocycles. The Labute approximate surface area is 113 Å². The predicted molar refractivity (Wildman–Crippen MR) is 77.1 cm³/mol. The van der Waals surface area contributed by atoms with Gasteiger partial charge in [-0.3, -0.25) is 4.72 Å².